The molecule has 0 aliphatic rings. The highest BCUT2D eigenvalue weighted by atomic mass is 35.5. The van der Waals surface area contributed by atoms with E-state index in [2.05, 4.69) is 5.32 Å². The van der Waals surface area contributed by atoms with Crippen LogP contribution in [0.1, 0.15) is 18.5 Å². The first-order valence-electron chi connectivity index (χ1n) is 5.74. The van der Waals surface area contributed by atoms with Crippen LogP contribution in [0.2, 0.25) is 15.1 Å². The van der Waals surface area contributed by atoms with E-state index in [1.807, 2.05) is 25.1 Å². The lowest BCUT2D eigenvalue weighted by Crippen LogP contribution is -2.08. The van der Waals surface area contributed by atoms with Gasteiger partial charge in [0.05, 0.1) is 17.4 Å². The Hall–Kier alpha value is -1.09. The van der Waals surface area contributed by atoms with Crippen molar-refractivity contribution in [1.29, 1.82) is 0 Å². The summed E-state index contributed by atoms with van der Waals surface area (Å²) in [5, 5.41) is 5.16. The highest BCUT2D eigenvalue weighted by Crippen LogP contribution is 2.31. The Bertz CT molecular complexity index is 599. The molecule has 2 rings (SSSR count). The minimum absolute atomic E-state index is 0.00763. The molecule has 0 aromatic heterocycles. The van der Waals surface area contributed by atoms with Crippen LogP contribution in [-0.2, 0) is 0 Å². The Labute approximate surface area is 127 Å². The number of nitrogens with two attached hydrogens (primary N) is 1. The molecule has 1 atom stereocenters. The highest BCUT2D eigenvalue weighted by molar-refractivity contribution is 6.35. The fourth-order valence-corrected chi connectivity index (χ4v) is 2.58. The molecule has 0 spiro atoms. The predicted octanol–water partition coefficient (Wildman–Crippen LogP) is 5.40. The van der Waals surface area contributed by atoms with E-state index in [0.29, 0.717) is 20.8 Å². The van der Waals surface area contributed by atoms with E-state index >= 15 is 0 Å². The van der Waals surface area contributed by atoms with Crippen molar-refractivity contribution in [3.8, 4) is 0 Å². The van der Waals surface area contributed by atoms with Gasteiger partial charge in [0.2, 0.25) is 0 Å². The van der Waals surface area contributed by atoms with Crippen LogP contribution in [0.3, 0.4) is 0 Å². The summed E-state index contributed by atoms with van der Waals surface area (Å²) in [6.45, 7) is 2.00. The van der Waals surface area contributed by atoms with E-state index in [4.69, 9.17) is 40.5 Å². The van der Waals surface area contributed by atoms with E-state index in [0.717, 1.165) is 11.3 Å². The molecular formula is C14H13Cl3N2. The van der Waals surface area contributed by atoms with Gasteiger partial charge in [-0.3, -0.25) is 0 Å². The molecule has 19 heavy (non-hydrogen) atoms. The molecule has 1 unspecified atom stereocenters. The van der Waals surface area contributed by atoms with Gasteiger partial charge in [0.15, 0.2) is 0 Å². The summed E-state index contributed by atoms with van der Waals surface area (Å²) >= 11 is 17.9. The monoisotopic (exact) mass is 314 g/mol. The number of hydrogen-bond acceptors (Lipinski definition) is 2. The fourth-order valence-electron chi connectivity index (χ4n) is 1.83. The minimum atomic E-state index is 0.00763. The van der Waals surface area contributed by atoms with Gasteiger partial charge in [-0.25, -0.2) is 0 Å². The number of nitrogen functional groups attached to an aromatic ring is 1. The van der Waals surface area contributed by atoms with E-state index in [1.54, 1.807) is 18.2 Å². The number of hydrogen-bond donors (Lipinski definition) is 2. The molecule has 100 valence electrons. The third-order valence-corrected chi connectivity index (χ3v) is 3.61. The van der Waals surface area contributed by atoms with Crippen molar-refractivity contribution in [1.82, 2.24) is 0 Å². The van der Waals surface area contributed by atoms with Crippen molar-refractivity contribution >= 4 is 46.2 Å². The van der Waals surface area contributed by atoms with Gasteiger partial charge < -0.3 is 11.1 Å². The molecule has 0 saturated heterocycles. The number of nitrogens with one attached hydrogen (secondary N) is 1. The highest BCUT2D eigenvalue weighted by Gasteiger charge is 2.11. The van der Waals surface area contributed by atoms with Crippen LogP contribution in [0.25, 0.3) is 0 Å². The summed E-state index contributed by atoms with van der Waals surface area (Å²) in [5.74, 6) is 0. The first-order chi connectivity index (χ1) is 8.97. The second-order valence-electron chi connectivity index (χ2n) is 4.26. The molecule has 2 aromatic carbocycles. The van der Waals surface area contributed by atoms with Crippen LogP contribution < -0.4 is 11.1 Å². The van der Waals surface area contributed by atoms with Gasteiger partial charge in [0.1, 0.15) is 0 Å². The average molecular weight is 316 g/mol. The third-order valence-electron chi connectivity index (χ3n) is 2.81. The van der Waals surface area contributed by atoms with Crippen molar-refractivity contribution in [3.63, 3.8) is 0 Å². The SMILES string of the molecule is CC(Nc1ccc(Cl)cc1N)c1ccc(Cl)cc1Cl. The van der Waals surface area contributed by atoms with E-state index in [9.17, 15) is 0 Å². The number of rotatable bonds is 3. The molecule has 2 nitrogen and oxygen atoms in total. The van der Waals surface area contributed by atoms with Crippen LogP contribution in [-0.4, -0.2) is 0 Å². The van der Waals surface area contributed by atoms with Crippen LogP contribution in [0.4, 0.5) is 11.4 Å². The molecule has 3 N–H and O–H groups in total. The number of benzene rings is 2. The molecule has 0 amide bonds. The maximum Gasteiger partial charge on any atom is 0.0579 e. The second-order valence-corrected chi connectivity index (χ2v) is 5.54. The van der Waals surface area contributed by atoms with E-state index < -0.39 is 0 Å². The van der Waals surface area contributed by atoms with Crippen LogP contribution >= 0.6 is 34.8 Å². The maximum atomic E-state index is 6.18. The molecule has 0 aliphatic carbocycles. The molecular weight excluding hydrogens is 303 g/mol. The summed E-state index contributed by atoms with van der Waals surface area (Å²) in [4.78, 5) is 0. The Morgan fingerprint density at radius 2 is 1.63 bits per heavy atom. The first kappa shape index (κ1) is 14.3. The molecule has 0 saturated carbocycles. The molecule has 0 radical (unpaired) electrons. The van der Waals surface area contributed by atoms with Crippen molar-refractivity contribution in [2.45, 2.75) is 13.0 Å². The normalized spacial score (nSPS) is 12.2. The van der Waals surface area contributed by atoms with Gasteiger partial charge in [-0.1, -0.05) is 40.9 Å². The van der Waals surface area contributed by atoms with Gasteiger partial charge in [0.25, 0.3) is 0 Å². The molecule has 0 bridgehead atoms. The molecule has 0 heterocycles. The zero-order valence-electron chi connectivity index (χ0n) is 10.3. The number of anilines is 2. The number of halogens is 3. The molecule has 0 fully saturated rings. The second kappa shape index (κ2) is 5.91. The lowest BCUT2D eigenvalue weighted by molar-refractivity contribution is 0.886. The van der Waals surface area contributed by atoms with Gasteiger partial charge in [0, 0.05) is 15.1 Å². The largest absolute Gasteiger partial charge is 0.397 e. The fraction of sp³-hybridized carbons (Fsp3) is 0.143. The summed E-state index contributed by atoms with van der Waals surface area (Å²) in [5.41, 5.74) is 8.29. The zero-order valence-corrected chi connectivity index (χ0v) is 12.5. The van der Waals surface area contributed by atoms with Crippen molar-refractivity contribution in [2.75, 3.05) is 11.1 Å². The standard InChI is InChI=1S/C14H13Cl3N2/c1-8(11-4-2-9(15)6-12(11)17)19-14-5-3-10(16)7-13(14)18/h2-8,19H,18H2,1H3. The smallest absolute Gasteiger partial charge is 0.0579 e. The average Bonchev–Trinajstić information content (AvgIpc) is 2.32. The summed E-state index contributed by atoms with van der Waals surface area (Å²) < 4.78 is 0. The van der Waals surface area contributed by atoms with Crippen LogP contribution in [0.5, 0.6) is 0 Å². The quantitative estimate of drug-likeness (QED) is 0.744. The molecule has 0 aliphatic heterocycles. The summed E-state index contributed by atoms with van der Waals surface area (Å²) in [6.07, 6.45) is 0. The van der Waals surface area contributed by atoms with Gasteiger partial charge in [-0.2, -0.15) is 0 Å². The predicted molar refractivity (Wildman–Crippen MR) is 84.4 cm³/mol. The van der Waals surface area contributed by atoms with Gasteiger partial charge in [-0.15, -0.1) is 0 Å². The molecule has 5 heteroatoms. The lowest BCUT2D eigenvalue weighted by Gasteiger charge is -2.18. The maximum absolute atomic E-state index is 6.18. The Kier molecular flexibility index (Phi) is 4.46. The van der Waals surface area contributed by atoms with Crippen molar-refractivity contribution in [2.24, 2.45) is 0 Å². The van der Waals surface area contributed by atoms with Gasteiger partial charge >= 0.3 is 0 Å². The summed E-state index contributed by atoms with van der Waals surface area (Å²) in [6, 6.07) is 10.8. The lowest BCUT2D eigenvalue weighted by atomic mass is 10.1. The topological polar surface area (TPSA) is 38.0 Å². The third kappa shape index (κ3) is 3.47. The van der Waals surface area contributed by atoms with Crippen molar-refractivity contribution < 1.29 is 0 Å². The summed E-state index contributed by atoms with van der Waals surface area (Å²) in [7, 11) is 0. The Morgan fingerprint density at radius 1 is 1.00 bits per heavy atom. The van der Waals surface area contributed by atoms with Crippen molar-refractivity contribution in [3.05, 3.63) is 57.0 Å². The van der Waals surface area contributed by atoms with E-state index in [1.165, 1.54) is 0 Å². The van der Waals surface area contributed by atoms with E-state index in [-0.39, 0.29) is 6.04 Å². The minimum Gasteiger partial charge on any atom is -0.397 e. The van der Waals surface area contributed by atoms with Crippen LogP contribution in [0.15, 0.2) is 36.4 Å². The van der Waals surface area contributed by atoms with Gasteiger partial charge in [-0.05, 0) is 42.8 Å². The first-order valence-corrected chi connectivity index (χ1v) is 6.87. The zero-order chi connectivity index (χ0) is 14.0. The van der Waals surface area contributed by atoms with Crippen LogP contribution in [0, 0.1) is 0 Å². The Balaban J connectivity index is 2.23. The molecule has 2 aromatic rings. The Morgan fingerprint density at radius 3 is 2.26 bits per heavy atom.